The van der Waals surface area contributed by atoms with Gasteiger partial charge in [0, 0.05) is 4.65 Å². The Kier molecular flexibility index (Phi) is 1.38. The summed E-state index contributed by atoms with van der Waals surface area (Å²) in [5.74, 6) is -1.61. The monoisotopic (exact) mass is 143 g/mol. The smallest absolute Gasteiger partial charge is 0.226 e. The Morgan fingerprint density at radius 3 is 1.90 bits per heavy atom. The van der Waals surface area contributed by atoms with Gasteiger partial charge in [0.05, 0.1) is 12.8 Å². The molecule has 1 fully saturated rings. The SMILES string of the molecule is O=[C][N+]1(O)C(=O)CCC1=O. The Bertz CT molecular complexity index is 194. The molecule has 1 aliphatic heterocycles. The summed E-state index contributed by atoms with van der Waals surface area (Å²) >= 11 is 0. The lowest BCUT2D eigenvalue weighted by Gasteiger charge is -2.05. The topological polar surface area (TPSA) is 71.4 Å². The summed E-state index contributed by atoms with van der Waals surface area (Å²) in [7, 11) is 0. The summed E-state index contributed by atoms with van der Waals surface area (Å²) in [6, 6.07) is 0. The van der Waals surface area contributed by atoms with E-state index >= 15 is 0 Å². The van der Waals surface area contributed by atoms with Crippen molar-refractivity contribution >= 4 is 18.2 Å². The normalized spacial score (nSPS) is 23.3. The number of nitrogens with zero attached hydrogens (tertiary/aromatic N) is 1. The second-order valence-corrected chi connectivity index (χ2v) is 2.01. The minimum Gasteiger partial charge on any atom is -0.226 e. The molecule has 1 saturated heterocycles. The van der Waals surface area contributed by atoms with E-state index in [1.807, 2.05) is 0 Å². The summed E-state index contributed by atoms with van der Waals surface area (Å²) in [5.41, 5.74) is 0. The molecule has 1 N–H and O–H groups in total. The van der Waals surface area contributed by atoms with Crippen LogP contribution in [0.1, 0.15) is 12.8 Å². The third-order valence-corrected chi connectivity index (χ3v) is 1.41. The number of rotatable bonds is 1. The molecule has 1 aliphatic rings. The Labute approximate surface area is 56.4 Å². The number of hydrogen-bond acceptors (Lipinski definition) is 4. The van der Waals surface area contributed by atoms with Crippen molar-refractivity contribution in [2.45, 2.75) is 12.8 Å². The molecule has 0 aromatic carbocycles. The van der Waals surface area contributed by atoms with Gasteiger partial charge < -0.3 is 0 Å². The first-order chi connectivity index (χ1) is 4.61. The Morgan fingerprint density at radius 2 is 1.70 bits per heavy atom. The molecule has 0 aromatic rings. The van der Waals surface area contributed by atoms with Gasteiger partial charge in [0.2, 0.25) is 0 Å². The van der Waals surface area contributed by atoms with E-state index in [2.05, 4.69) is 0 Å². The van der Waals surface area contributed by atoms with Gasteiger partial charge in [-0.3, -0.25) is 0 Å². The fourth-order valence-electron chi connectivity index (χ4n) is 0.778. The maximum Gasteiger partial charge on any atom is 0.494 e. The van der Waals surface area contributed by atoms with Crippen molar-refractivity contribution in [3.63, 3.8) is 0 Å². The van der Waals surface area contributed by atoms with E-state index in [1.54, 1.807) is 0 Å². The first-order valence-corrected chi connectivity index (χ1v) is 2.69. The van der Waals surface area contributed by atoms with Crippen molar-refractivity contribution in [1.82, 2.24) is 0 Å². The zero-order chi connectivity index (χ0) is 7.78. The van der Waals surface area contributed by atoms with Crippen LogP contribution in [0.5, 0.6) is 0 Å². The molecule has 1 rings (SSSR count). The lowest BCUT2D eigenvalue weighted by atomic mass is 10.4. The van der Waals surface area contributed by atoms with Crippen LogP contribution in [0.25, 0.3) is 0 Å². The number of hydroxylamine groups is 3. The predicted molar refractivity (Wildman–Crippen MR) is 27.0 cm³/mol. The van der Waals surface area contributed by atoms with Gasteiger partial charge >= 0.3 is 18.2 Å². The quantitative estimate of drug-likeness (QED) is 0.293. The van der Waals surface area contributed by atoms with Crippen LogP contribution in [0.2, 0.25) is 0 Å². The van der Waals surface area contributed by atoms with E-state index in [0.29, 0.717) is 0 Å². The number of likely N-dealkylation sites (tertiary alicyclic amines) is 1. The number of hydrogen-bond donors (Lipinski definition) is 1. The Morgan fingerprint density at radius 1 is 1.30 bits per heavy atom. The van der Waals surface area contributed by atoms with E-state index in [9.17, 15) is 14.4 Å². The maximum absolute atomic E-state index is 10.6. The van der Waals surface area contributed by atoms with Gasteiger partial charge in [0.15, 0.2) is 0 Å². The van der Waals surface area contributed by atoms with Crippen molar-refractivity contribution in [3.05, 3.63) is 0 Å². The van der Waals surface area contributed by atoms with Gasteiger partial charge in [-0.15, -0.1) is 0 Å². The van der Waals surface area contributed by atoms with Crippen LogP contribution < -0.4 is 0 Å². The first-order valence-electron chi connectivity index (χ1n) is 2.69. The third-order valence-electron chi connectivity index (χ3n) is 1.41. The molecule has 0 saturated carbocycles. The third kappa shape index (κ3) is 0.680. The van der Waals surface area contributed by atoms with Crippen molar-refractivity contribution in [2.75, 3.05) is 0 Å². The maximum atomic E-state index is 10.6. The van der Waals surface area contributed by atoms with Crippen LogP contribution in [0.3, 0.4) is 0 Å². The molecule has 10 heavy (non-hydrogen) atoms. The molecule has 1 heterocycles. The molecular formula is C5H5NO4+. The largest absolute Gasteiger partial charge is 0.494 e. The zero-order valence-electron chi connectivity index (χ0n) is 5.03. The van der Waals surface area contributed by atoms with Crippen LogP contribution in [0, 0.1) is 0 Å². The number of carbonyl (C=O) groups excluding carboxylic acids is 3. The highest BCUT2D eigenvalue weighted by molar-refractivity contribution is 5.96. The number of carbonyl (C=O) groups is 2. The van der Waals surface area contributed by atoms with Gasteiger partial charge in [-0.2, -0.15) is 5.21 Å². The molecule has 5 heteroatoms. The molecule has 5 nitrogen and oxygen atoms in total. The van der Waals surface area contributed by atoms with Crippen molar-refractivity contribution < 1.29 is 24.2 Å². The molecule has 0 atom stereocenters. The molecule has 53 valence electrons. The van der Waals surface area contributed by atoms with Crippen LogP contribution in [-0.2, 0) is 14.4 Å². The minimum atomic E-state index is -1.79. The second kappa shape index (κ2) is 1.96. The van der Waals surface area contributed by atoms with Crippen LogP contribution in [-0.4, -0.2) is 28.1 Å². The Hall–Kier alpha value is -1.07. The highest BCUT2D eigenvalue weighted by Gasteiger charge is 2.52. The fourth-order valence-corrected chi connectivity index (χ4v) is 0.778. The molecule has 0 bridgehead atoms. The average Bonchev–Trinajstić information content (AvgIpc) is 2.18. The van der Waals surface area contributed by atoms with Crippen molar-refractivity contribution in [2.24, 2.45) is 0 Å². The van der Waals surface area contributed by atoms with Crippen LogP contribution in [0.4, 0.5) is 0 Å². The Balaban J connectivity index is 3.01. The molecule has 0 aromatic heterocycles. The predicted octanol–water partition coefficient (Wildman–Crippen LogP) is -0.893. The van der Waals surface area contributed by atoms with E-state index in [1.165, 1.54) is 0 Å². The summed E-state index contributed by atoms with van der Waals surface area (Å²) < 4.78 is -1.79. The highest BCUT2D eigenvalue weighted by Crippen LogP contribution is 2.16. The van der Waals surface area contributed by atoms with Crippen LogP contribution >= 0.6 is 0 Å². The van der Waals surface area contributed by atoms with Crippen molar-refractivity contribution in [1.29, 1.82) is 0 Å². The fraction of sp³-hybridized carbons (Fsp3) is 0.400. The van der Waals surface area contributed by atoms with E-state index < -0.39 is 16.5 Å². The molecule has 0 unspecified atom stereocenters. The summed E-state index contributed by atoms with van der Waals surface area (Å²) in [6.07, 6.45) is 0.826. The lowest BCUT2D eigenvalue weighted by molar-refractivity contribution is -0.892. The second-order valence-electron chi connectivity index (χ2n) is 2.01. The first kappa shape index (κ1) is 7.04. The van der Waals surface area contributed by atoms with Crippen LogP contribution in [0.15, 0.2) is 0 Å². The molecule has 0 spiro atoms. The lowest BCUT2D eigenvalue weighted by Crippen LogP contribution is -2.47. The van der Waals surface area contributed by atoms with Gasteiger partial charge in [-0.25, -0.2) is 14.4 Å². The number of imide groups is 3. The number of amides is 3. The number of quaternary nitrogens is 1. The van der Waals surface area contributed by atoms with E-state index in [0.717, 1.165) is 6.41 Å². The highest BCUT2D eigenvalue weighted by atomic mass is 16.6. The minimum absolute atomic E-state index is 0.0788. The van der Waals surface area contributed by atoms with Crippen molar-refractivity contribution in [3.8, 4) is 0 Å². The van der Waals surface area contributed by atoms with Gasteiger partial charge in [0.25, 0.3) is 0 Å². The average molecular weight is 143 g/mol. The summed E-state index contributed by atoms with van der Waals surface area (Å²) in [6.45, 7) is 0. The molecular weight excluding hydrogens is 138 g/mol. The zero-order valence-corrected chi connectivity index (χ0v) is 5.03. The van der Waals surface area contributed by atoms with Gasteiger partial charge in [-0.05, 0) is 0 Å². The van der Waals surface area contributed by atoms with Gasteiger partial charge in [-0.1, -0.05) is 0 Å². The van der Waals surface area contributed by atoms with Gasteiger partial charge in [0.1, 0.15) is 0 Å². The molecule has 3 amide bonds. The standard InChI is InChI=1S/C5H5NO4/c7-3-6(10)4(8)1-2-5(6)9/h10H,1-2H2/q+1. The summed E-state index contributed by atoms with van der Waals surface area (Å²) in [5, 5.41) is 8.85. The molecule has 1 radical (unpaired) electrons. The van der Waals surface area contributed by atoms with E-state index in [-0.39, 0.29) is 12.8 Å². The molecule has 0 aliphatic carbocycles. The van der Waals surface area contributed by atoms with E-state index in [4.69, 9.17) is 5.21 Å². The summed E-state index contributed by atoms with van der Waals surface area (Å²) in [4.78, 5) is 31.1.